The van der Waals surface area contributed by atoms with Gasteiger partial charge in [0.2, 0.25) is 11.8 Å². The molecule has 1 fully saturated rings. The van der Waals surface area contributed by atoms with Gasteiger partial charge in [-0.2, -0.15) is 0 Å². The molecule has 0 radical (unpaired) electrons. The second-order valence-corrected chi connectivity index (χ2v) is 7.62. The fraction of sp³-hybridized carbons (Fsp3) is 0.409. The number of pyridine rings is 1. The Hall–Kier alpha value is -3.09. The number of hydrogen-bond acceptors (Lipinski definition) is 4. The molecule has 29 heavy (non-hydrogen) atoms. The Labute approximate surface area is 171 Å². The summed E-state index contributed by atoms with van der Waals surface area (Å²) in [6.07, 6.45) is 4.15. The average molecular weight is 396 g/mol. The summed E-state index contributed by atoms with van der Waals surface area (Å²) in [7, 11) is 0. The molecule has 3 N–H and O–H groups in total. The molecule has 0 aliphatic heterocycles. The van der Waals surface area contributed by atoms with Gasteiger partial charge in [-0.15, -0.1) is 0 Å². The molecule has 0 unspecified atom stereocenters. The number of benzene rings is 1. The summed E-state index contributed by atoms with van der Waals surface area (Å²) in [5.74, 6) is 1.01. The molecule has 2 aromatic rings. The highest BCUT2D eigenvalue weighted by Gasteiger charge is 2.22. The third kappa shape index (κ3) is 6.48. The molecule has 0 spiro atoms. The maximum atomic E-state index is 12.2. The lowest BCUT2D eigenvalue weighted by molar-refractivity contribution is -0.115. The number of rotatable bonds is 8. The number of carbonyl (C=O) groups excluding carboxylic acids is 2. The second kappa shape index (κ2) is 9.41. The topological polar surface area (TPSA) is 92.4 Å². The first-order chi connectivity index (χ1) is 13.9. The Kier molecular flexibility index (Phi) is 6.69. The van der Waals surface area contributed by atoms with Crippen molar-refractivity contribution in [1.82, 2.24) is 15.6 Å². The average Bonchev–Trinajstić information content (AvgIpc) is 3.51. The van der Waals surface area contributed by atoms with Crippen LogP contribution < -0.4 is 20.7 Å². The zero-order chi connectivity index (χ0) is 20.8. The minimum Gasteiger partial charge on any atom is -0.477 e. The van der Waals surface area contributed by atoms with Crippen molar-refractivity contribution in [2.45, 2.75) is 40.2 Å². The normalized spacial score (nSPS) is 12.9. The highest BCUT2D eigenvalue weighted by atomic mass is 16.5. The van der Waals surface area contributed by atoms with Gasteiger partial charge in [-0.05, 0) is 56.2 Å². The van der Waals surface area contributed by atoms with Crippen molar-refractivity contribution in [3.05, 3.63) is 52.7 Å². The maximum absolute atomic E-state index is 12.2. The van der Waals surface area contributed by atoms with E-state index >= 15 is 0 Å². The van der Waals surface area contributed by atoms with Gasteiger partial charge < -0.3 is 20.7 Å². The van der Waals surface area contributed by atoms with Gasteiger partial charge in [0.05, 0.1) is 13.2 Å². The number of aromatic nitrogens is 1. The predicted molar refractivity (Wildman–Crippen MR) is 112 cm³/mol. The molecule has 3 rings (SSSR count). The molecular weight excluding hydrogens is 368 g/mol. The lowest BCUT2D eigenvalue weighted by Crippen LogP contribution is -2.39. The molecule has 1 heterocycles. The van der Waals surface area contributed by atoms with E-state index in [1.807, 2.05) is 39.0 Å². The van der Waals surface area contributed by atoms with Crippen molar-refractivity contribution in [3.63, 3.8) is 0 Å². The monoisotopic (exact) mass is 396 g/mol. The van der Waals surface area contributed by atoms with Crippen LogP contribution in [0.15, 0.2) is 30.5 Å². The zero-order valence-corrected chi connectivity index (χ0v) is 17.2. The molecule has 3 amide bonds. The summed E-state index contributed by atoms with van der Waals surface area (Å²) in [4.78, 5) is 28.4. The number of ether oxygens (including phenoxy) is 1. The largest absolute Gasteiger partial charge is 0.477 e. The quantitative estimate of drug-likeness (QED) is 0.639. The molecule has 154 valence electrons. The first-order valence-corrected chi connectivity index (χ1v) is 9.88. The molecule has 0 atom stereocenters. The van der Waals surface area contributed by atoms with Crippen molar-refractivity contribution < 1.29 is 14.3 Å². The number of urea groups is 1. The fourth-order valence-electron chi connectivity index (χ4n) is 3.05. The fourth-order valence-corrected chi connectivity index (χ4v) is 3.05. The molecule has 1 saturated carbocycles. The van der Waals surface area contributed by atoms with E-state index in [9.17, 15) is 9.59 Å². The van der Waals surface area contributed by atoms with Gasteiger partial charge in [-0.1, -0.05) is 23.8 Å². The molecule has 7 nitrogen and oxygen atoms in total. The molecule has 1 aliphatic carbocycles. The first-order valence-electron chi connectivity index (χ1n) is 9.88. The number of aryl methyl sites for hydroxylation is 3. The van der Waals surface area contributed by atoms with Crippen LogP contribution in [0, 0.1) is 26.7 Å². The van der Waals surface area contributed by atoms with Crippen LogP contribution in [0.4, 0.5) is 10.5 Å². The van der Waals surface area contributed by atoms with E-state index in [4.69, 9.17) is 4.74 Å². The van der Waals surface area contributed by atoms with Crippen molar-refractivity contribution in [2.75, 3.05) is 18.5 Å². The van der Waals surface area contributed by atoms with E-state index < -0.39 is 6.03 Å². The van der Waals surface area contributed by atoms with Gasteiger partial charge in [-0.3, -0.25) is 4.79 Å². The van der Waals surface area contributed by atoms with Crippen molar-refractivity contribution >= 4 is 17.6 Å². The standard InChI is InChI=1S/C22H28N4O3/c1-14-8-15(2)21(16(3)9-14)26-19(27)12-25-22(28)24-11-18-6-7-20(23-10-18)29-13-17-4-5-17/h6-10,17H,4-5,11-13H2,1-3H3,(H,26,27)(H2,24,25,28). The van der Waals surface area contributed by atoms with Gasteiger partial charge in [0.1, 0.15) is 0 Å². The third-order valence-electron chi connectivity index (χ3n) is 4.77. The van der Waals surface area contributed by atoms with Gasteiger partial charge in [0, 0.05) is 24.5 Å². The van der Waals surface area contributed by atoms with Crippen LogP contribution >= 0.6 is 0 Å². The van der Waals surface area contributed by atoms with Crippen molar-refractivity contribution in [2.24, 2.45) is 5.92 Å². The Balaban J connectivity index is 1.38. The molecular formula is C22H28N4O3. The smallest absolute Gasteiger partial charge is 0.315 e. The molecule has 0 bridgehead atoms. The molecule has 1 aliphatic rings. The number of amides is 3. The first kappa shape index (κ1) is 20.6. The van der Waals surface area contributed by atoms with Crippen LogP contribution in [0.2, 0.25) is 0 Å². The van der Waals surface area contributed by atoms with Crippen LogP contribution in [-0.4, -0.2) is 30.1 Å². The Morgan fingerprint density at radius 1 is 1.10 bits per heavy atom. The van der Waals surface area contributed by atoms with Crippen molar-refractivity contribution in [1.29, 1.82) is 0 Å². The van der Waals surface area contributed by atoms with Gasteiger partial charge in [0.15, 0.2) is 0 Å². The van der Waals surface area contributed by atoms with E-state index in [0.717, 1.165) is 34.5 Å². The number of anilines is 1. The molecule has 1 aromatic heterocycles. The van der Waals surface area contributed by atoms with E-state index in [-0.39, 0.29) is 12.5 Å². The number of nitrogens with zero attached hydrogens (tertiary/aromatic N) is 1. The summed E-state index contributed by atoms with van der Waals surface area (Å²) in [5.41, 5.74) is 4.79. The summed E-state index contributed by atoms with van der Waals surface area (Å²) >= 11 is 0. The van der Waals surface area contributed by atoms with Crippen LogP contribution in [-0.2, 0) is 11.3 Å². The summed E-state index contributed by atoms with van der Waals surface area (Å²) in [6, 6.07) is 7.28. The highest BCUT2D eigenvalue weighted by Crippen LogP contribution is 2.29. The van der Waals surface area contributed by atoms with E-state index in [2.05, 4.69) is 20.9 Å². The lowest BCUT2D eigenvalue weighted by atomic mass is 10.1. The molecule has 7 heteroatoms. The molecule has 1 aromatic carbocycles. The van der Waals surface area contributed by atoms with Crippen LogP contribution in [0.1, 0.15) is 35.1 Å². The summed E-state index contributed by atoms with van der Waals surface area (Å²) < 4.78 is 5.59. The SMILES string of the molecule is Cc1cc(C)c(NC(=O)CNC(=O)NCc2ccc(OCC3CC3)nc2)c(C)c1. The van der Waals surface area contributed by atoms with Gasteiger partial charge in [-0.25, -0.2) is 9.78 Å². The number of hydrogen-bond donors (Lipinski definition) is 3. The van der Waals surface area contributed by atoms with Crippen molar-refractivity contribution in [3.8, 4) is 5.88 Å². The van der Waals surface area contributed by atoms with E-state index in [0.29, 0.717) is 18.3 Å². The second-order valence-electron chi connectivity index (χ2n) is 7.62. The summed E-state index contributed by atoms with van der Waals surface area (Å²) in [5, 5.41) is 8.14. The van der Waals surface area contributed by atoms with Crippen LogP contribution in [0.5, 0.6) is 5.88 Å². The number of carbonyl (C=O) groups is 2. The minimum atomic E-state index is -0.411. The van der Waals surface area contributed by atoms with E-state index in [1.165, 1.54) is 12.8 Å². The molecule has 0 saturated heterocycles. The summed E-state index contributed by atoms with van der Waals surface area (Å²) in [6.45, 7) is 6.85. The number of nitrogens with one attached hydrogen (secondary N) is 3. The Bertz CT molecular complexity index is 853. The zero-order valence-electron chi connectivity index (χ0n) is 17.2. The Morgan fingerprint density at radius 3 is 2.45 bits per heavy atom. The lowest BCUT2D eigenvalue weighted by Gasteiger charge is -2.13. The predicted octanol–water partition coefficient (Wildman–Crippen LogP) is 3.23. The van der Waals surface area contributed by atoms with Gasteiger partial charge in [0.25, 0.3) is 0 Å². The van der Waals surface area contributed by atoms with Gasteiger partial charge >= 0.3 is 6.03 Å². The Morgan fingerprint density at radius 2 is 1.83 bits per heavy atom. The third-order valence-corrected chi connectivity index (χ3v) is 4.77. The highest BCUT2D eigenvalue weighted by molar-refractivity contribution is 5.95. The maximum Gasteiger partial charge on any atom is 0.315 e. The van der Waals surface area contributed by atoms with E-state index in [1.54, 1.807) is 12.3 Å². The van der Waals surface area contributed by atoms with Crippen LogP contribution in [0.25, 0.3) is 0 Å². The van der Waals surface area contributed by atoms with Crippen LogP contribution in [0.3, 0.4) is 0 Å². The minimum absolute atomic E-state index is 0.106.